The molecule has 1 aromatic heterocycles. The number of allylic oxidation sites excluding steroid dienone is 2. The molecule has 154 valence electrons. The highest BCUT2D eigenvalue weighted by atomic mass is 32.2. The fraction of sp³-hybridized carbons (Fsp3) is 0.368. The summed E-state index contributed by atoms with van der Waals surface area (Å²) >= 11 is 2.50. The molecular formula is C19H21N3O5S2. The number of nitriles is 1. The molecule has 0 unspecified atom stereocenters. The Morgan fingerprint density at radius 1 is 1.31 bits per heavy atom. The van der Waals surface area contributed by atoms with Crippen molar-refractivity contribution in [1.29, 1.82) is 5.26 Å². The first-order chi connectivity index (χ1) is 13.9. The highest BCUT2D eigenvalue weighted by molar-refractivity contribution is 8.03. The van der Waals surface area contributed by atoms with E-state index in [0.717, 1.165) is 16.6 Å². The van der Waals surface area contributed by atoms with Crippen molar-refractivity contribution >= 4 is 41.1 Å². The van der Waals surface area contributed by atoms with Crippen molar-refractivity contribution in [3.63, 3.8) is 0 Å². The smallest absolute Gasteiger partial charge is 0.413 e. The molecule has 29 heavy (non-hydrogen) atoms. The van der Waals surface area contributed by atoms with Crippen molar-refractivity contribution in [3.8, 4) is 6.07 Å². The van der Waals surface area contributed by atoms with Crippen LogP contribution in [0.1, 0.15) is 31.6 Å². The van der Waals surface area contributed by atoms with E-state index in [-0.39, 0.29) is 19.0 Å². The third-order valence-corrected chi connectivity index (χ3v) is 5.79. The summed E-state index contributed by atoms with van der Waals surface area (Å²) in [6, 6.07) is 5.85. The van der Waals surface area contributed by atoms with Crippen LogP contribution in [0.2, 0.25) is 0 Å². The van der Waals surface area contributed by atoms with E-state index in [0.29, 0.717) is 21.9 Å². The number of hydrogen-bond acceptors (Lipinski definition) is 9. The Morgan fingerprint density at radius 3 is 2.62 bits per heavy atom. The second-order valence-electron chi connectivity index (χ2n) is 5.74. The molecule has 8 nitrogen and oxygen atoms in total. The number of nitrogens with one attached hydrogen (secondary N) is 2. The molecule has 2 N–H and O–H groups in total. The Labute approximate surface area is 176 Å². The highest BCUT2D eigenvalue weighted by Gasteiger charge is 2.36. The average molecular weight is 436 g/mol. The van der Waals surface area contributed by atoms with Gasteiger partial charge in [0.1, 0.15) is 0 Å². The molecule has 2 amide bonds. The zero-order valence-electron chi connectivity index (χ0n) is 16.2. The van der Waals surface area contributed by atoms with Crippen LogP contribution in [-0.2, 0) is 19.1 Å². The fourth-order valence-electron chi connectivity index (χ4n) is 2.70. The van der Waals surface area contributed by atoms with E-state index in [1.54, 1.807) is 20.8 Å². The number of carbonyl (C=O) groups is 3. The second kappa shape index (κ2) is 10.7. The largest absolute Gasteiger partial charge is 0.463 e. The predicted molar refractivity (Wildman–Crippen MR) is 110 cm³/mol. The first kappa shape index (κ1) is 22.5. The third kappa shape index (κ3) is 5.62. The summed E-state index contributed by atoms with van der Waals surface area (Å²) in [7, 11) is 0. The van der Waals surface area contributed by atoms with Gasteiger partial charge in [-0.3, -0.25) is 10.1 Å². The quantitative estimate of drug-likeness (QED) is 0.628. The number of amides is 2. The Balaban J connectivity index is 2.29. The van der Waals surface area contributed by atoms with Crippen LogP contribution in [0.5, 0.6) is 0 Å². The number of thiophene rings is 1. The molecule has 0 fully saturated rings. The summed E-state index contributed by atoms with van der Waals surface area (Å²) in [6.45, 7) is 5.44. The van der Waals surface area contributed by atoms with E-state index in [4.69, 9.17) is 4.74 Å². The van der Waals surface area contributed by atoms with Crippen LogP contribution < -0.4 is 10.6 Å². The van der Waals surface area contributed by atoms with Gasteiger partial charge in [-0.1, -0.05) is 17.8 Å². The molecule has 1 atom stereocenters. The summed E-state index contributed by atoms with van der Waals surface area (Å²) in [5, 5.41) is 17.3. The molecule has 0 saturated heterocycles. The van der Waals surface area contributed by atoms with Gasteiger partial charge in [0.05, 0.1) is 47.1 Å². The maximum absolute atomic E-state index is 12.6. The van der Waals surface area contributed by atoms with E-state index >= 15 is 0 Å². The molecule has 0 radical (unpaired) electrons. The number of ether oxygens (including phenoxy) is 2. The number of imide groups is 1. The number of rotatable bonds is 7. The molecule has 2 rings (SSSR count). The summed E-state index contributed by atoms with van der Waals surface area (Å²) in [5.74, 6) is -1.74. The van der Waals surface area contributed by atoms with E-state index in [1.165, 1.54) is 11.3 Å². The van der Waals surface area contributed by atoms with Gasteiger partial charge in [-0.05, 0) is 32.2 Å². The minimum Gasteiger partial charge on any atom is -0.463 e. The van der Waals surface area contributed by atoms with Crippen LogP contribution in [0, 0.1) is 11.3 Å². The summed E-state index contributed by atoms with van der Waals surface area (Å²) in [4.78, 5) is 36.7. The number of esters is 1. The number of thioether (sulfide) groups is 1. The van der Waals surface area contributed by atoms with Gasteiger partial charge in [0.15, 0.2) is 0 Å². The van der Waals surface area contributed by atoms with Gasteiger partial charge in [0, 0.05) is 10.6 Å². The first-order valence-corrected chi connectivity index (χ1v) is 10.7. The van der Waals surface area contributed by atoms with Crippen molar-refractivity contribution in [3.05, 3.63) is 44.3 Å². The highest BCUT2D eigenvalue weighted by Crippen LogP contribution is 2.42. The second-order valence-corrected chi connectivity index (χ2v) is 7.71. The molecule has 0 aliphatic carbocycles. The zero-order valence-corrected chi connectivity index (χ0v) is 17.9. The van der Waals surface area contributed by atoms with Gasteiger partial charge in [0.2, 0.25) is 5.91 Å². The maximum atomic E-state index is 12.6. The lowest BCUT2D eigenvalue weighted by molar-refractivity contribution is -0.138. The molecule has 0 bridgehead atoms. The van der Waals surface area contributed by atoms with Gasteiger partial charge in [-0.15, -0.1) is 11.3 Å². The van der Waals surface area contributed by atoms with Crippen LogP contribution in [0.15, 0.2) is 39.4 Å². The van der Waals surface area contributed by atoms with Gasteiger partial charge in [0.25, 0.3) is 0 Å². The summed E-state index contributed by atoms with van der Waals surface area (Å²) in [5.41, 5.74) is 1.23. The van der Waals surface area contributed by atoms with Crippen molar-refractivity contribution in [2.45, 2.75) is 26.7 Å². The lowest BCUT2D eigenvalue weighted by Crippen LogP contribution is -2.33. The lowest BCUT2D eigenvalue weighted by atomic mass is 9.87. The Morgan fingerprint density at radius 2 is 2.03 bits per heavy atom. The molecule has 0 spiro atoms. The monoisotopic (exact) mass is 435 g/mol. The number of nitrogens with zero attached hydrogens (tertiary/aromatic N) is 1. The molecular weight excluding hydrogens is 414 g/mol. The van der Waals surface area contributed by atoms with Crippen LogP contribution in [0.25, 0.3) is 0 Å². The summed E-state index contributed by atoms with van der Waals surface area (Å²) < 4.78 is 9.86. The minimum atomic E-state index is -0.818. The number of dihydropyridines is 1. The Hall–Kier alpha value is -2.77. The number of hydrogen-bond donors (Lipinski definition) is 2. The number of carbonyl (C=O) groups excluding carboxylic acids is 3. The molecule has 2 heterocycles. The Kier molecular flexibility index (Phi) is 8.30. The molecule has 10 heteroatoms. The molecule has 1 aromatic rings. The van der Waals surface area contributed by atoms with E-state index < -0.39 is 23.9 Å². The minimum absolute atomic E-state index is 0.106. The lowest BCUT2D eigenvalue weighted by Gasteiger charge is -2.28. The van der Waals surface area contributed by atoms with Gasteiger partial charge >= 0.3 is 12.1 Å². The first-order valence-electron chi connectivity index (χ1n) is 8.84. The normalized spacial score (nSPS) is 16.0. The van der Waals surface area contributed by atoms with Crippen molar-refractivity contribution in [2.24, 2.45) is 0 Å². The Bertz CT molecular complexity index is 884. The fourth-order valence-corrected chi connectivity index (χ4v) is 4.44. The standard InChI is InChI=1S/C19H21N3O5S2/c1-4-26-18(24)15-11(3)21-17(29-10-14(23)22-19(25)27-5-2)12(9-20)16(15)13-7-6-8-28-13/h6-8,16,21H,4-5,10H2,1-3H3,(H,22,23,25)/t16-/m1/s1. The molecule has 1 aliphatic heterocycles. The van der Waals surface area contributed by atoms with E-state index in [9.17, 15) is 19.6 Å². The average Bonchev–Trinajstić information content (AvgIpc) is 3.20. The zero-order chi connectivity index (χ0) is 21.4. The van der Waals surface area contributed by atoms with Gasteiger partial charge in [-0.25, -0.2) is 9.59 Å². The summed E-state index contributed by atoms with van der Waals surface area (Å²) in [6.07, 6.45) is -0.818. The van der Waals surface area contributed by atoms with Crippen molar-refractivity contribution < 1.29 is 23.9 Å². The topological polar surface area (TPSA) is 118 Å². The van der Waals surface area contributed by atoms with E-state index in [1.807, 2.05) is 17.5 Å². The van der Waals surface area contributed by atoms with Crippen molar-refractivity contribution in [2.75, 3.05) is 19.0 Å². The molecule has 1 aliphatic rings. The van der Waals surface area contributed by atoms with E-state index in [2.05, 4.69) is 21.4 Å². The number of alkyl carbamates (subject to hydrolysis) is 1. The third-order valence-electron chi connectivity index (χ3n) is 3.84. The molecule has 0 saturated carbocycles. The van der Waals surface area contributed by atoms with Crippen LogP contribution in [0.4, 0.5) is 4.79 Å². The predicted octanol–water partition coefficient (Wildman–Crippen LogP) is 3.01. The van der Waals surface area contributed by atoms with Crippen molar-refractivity contribution in [1.82, 2.24) is 10.6 Å². The van der Waals surface area contributed by atoms with Crippen LogP contribution in [0.3, 0.4) is 0 Å². The molecule has 0 aromatic carbocycles. The SMILES string of the molecule is CCOC(=O)NC(=O)CSC1=C(C#N)[C@H](c2cccs2)C(C(=O)OCC)=C(C)N1. The van der Waals surface area contributed by atoms with Crippen LogP contribution in [-0.4, -0.2) is 36.9 Å². The van der Waals surface area contributed by atoms with Crippen LogP contribution >= 0.6 is 23.1 Å². The van der Waals surface area contributed by atoms with Gasteiger partial charge in [-0.2, -0.15) is 5.26 Å². The van der Waals surface area contributed by atoms with Gasteiger partial charge < -0.3 is 14.8 Å². The maximum Gasteiger partial charge on any atom is 0.413 e.